The van der Waals surface area contributed by atoms with Crippen molar-refractivity contribution in [1.82, 2.24) is 0 Å². The van der Waals surface area contributed by atoms with E-state index in [4.69, 9.17) is 10.5 Å². The van der Waals surface area contributed by atoms with Crippen molar-refractivity contribution in [2.24, 2.45) is 5.73 Å². The highest BCUT2D eigenvalue weighted by molar-refractivity contribution is 6.43. The number of amides is 3. The minimum Gasteiger partial charge on any atom is -0.462 e. The summed E-state index contributed by atoms with van der Waals surface area (Å²) in [4.78, 5) is 46.4. The quantitative estimate of drug-likeness (QED) is 0.554. The molecule has 0 unspecified atom stereocenters. The molecular formula is C18H17N3O5. The number of esters is 1. The fraction of sp³-hybridized carbons (Fsp3) is 0.111. The lowest BCUT2D eigenvalue weighted by atomic mass is 10.2. The maximum absolute atomic E-state index is 11.9. The Balaban J connectivity index is 1.95. The molecule has 0 radical (unpaired) electrons. The van der Waals surface area contributed by atoms with Gasteiger partial charge in [0.2, 0.25) is 5.91 Å². The Morgan fingerprint density at radius 3 is 1.62 bits per heavy atom. The Hall–Kier alpha value is -3.68. The zero-order valence-electron chi connectivity index (χ0n) is 13.9. The van der Waals surface area contributed by atoms with Crippen LogP contribution in [0.4, 0.5) is 11.4 Å². The van der Waals surface area contributed by atoms with Crippen LogP contribution in [0.3, 0.4) is 0 Å². The lowest BCUT2D eigenvalue weighted by Gasteiger charge is -2.08. The standard InChI is InChI=1S/C18H17N3O5/c1-2-26-18(25)12-5-9-14(10-6-12)21-17(24)16(23)20-13-7-3-11(4-8-13)15(19)22/h3-10H,2H2,1H3,(H2,19,22)(H,20,23)(H,21,24). The minimum absolute atomic E-state index is 0.262. The van der Waals surface area contributed by atoms with Crippen LogP contribution in [0, 0.1) is 0 Å². The molecule has 2 aromatic rings. The molecule has 8 nitrogen and oxygen atoms in total. The SMILES string of the molecule is CCOC(=O)c1ccc(NC(=O)C(=O)Nc2ccc(C(N)=O)cc2)cc1. The van der Waals surface area contributed by atoms with E-state index in [2.05, 4.69) is 10.6 Å². The molecule has 0 saturated heterocycles. The number of rotatable bonds is 5. The molecule has 0 heterocycles. The number of carbonyl (C=O) groups is 4. The first-order valence-corrected chi connectivity index (χ1v) is 7.70. The predicted octanol–water partition coefficient (Wildman–Crippen LogP) is 1.54. The summed E-state index contributed by atoms with van der Waals surface area (Å²) >= 11 is 0. The van der Waals surface area contributed by atoms with Gasteiger partial charge in [-0.25, -0.2) is 4.79 Å². The molecule has 3 amide bonds. The van der Waals surface area contributed by atoms with Crippen LogP contribution < -0.4 is 16.4 Å². The number of benzene rings is 2. The van der Waals surface area contributed by atoms with Crippen LogP contribution in [0.5, 0.6) is 0 Å². The van der Waals surface area contributed by atoms with E-state index in [1.54, 1.807) is 6.92 Å². The van der Waals surface area contributed by atoms with Crippen LogP contribution in [0.25, 0.3) is 0 Å². The van der Waals surface area contributed by atoms with E-state index in [1.807, 2.05) is 0 Å². The van der Waals surface area contributed by atoms with E-state index < -0.39 is 23.7 Å². The predicted molar refractivity (Wildman–Crippen MR) is 94.6 cm³/mol. The smallest absolute Gasteiger partial charge is 0.338 e. The molecule has 0 fully saturated rings. The normalized spacial score (nSPS) is 9.88. The lowest BCUT2D eigenvalue weighted by molar-refractivity contribution is -0.132. The average molecular weight is 355 g/mol. The van der Waals surface area contributed by atoms with Crippen molar-refractivity contribution in [3.05, 3.63) is 59.7 Å². The number of ether oxygens (including phenoxy) is 1. The number of carbonyl (C=O) groups excluding carboxylic acids is 4. The second-order valence-corrected chi connectivity index (χ2v) is 5.15. The molecule has 26 heavy (non-hydrogen) atoms. The first kappa shape index (κ1) is 18.7. The molecule has 0 bridgehead atoms. The molecule has 2 rings (SSSR count). The molecule has 0 saturated carbocycles. The van der Waals surface area contributed by atoms with Crippen LogP contribution in [-0.2, 0) is 14.3 Å². The van der Waals surface area contributed by atoms with Crippen LogP contribution in [0.15, 0.2) is 48.5 Å². The van der Waals surface area contributed by atoms with E-state index in [9.17, 15) is 19.2 Å². The highest BCUT2D eigenvalue weighted by Gasteiger charge is 2.15. The van der Waals surface area contributed by atoms with Gasteiger partial charge >= 0.3 is 17.8 Å². The number of nitrogens with one attached hydrogen (secondary N) is 2. The summed E-state index contributed by atoms with van der Waals surface area (Å²) in [5, 5.41) is 4.81. The molecule has 0 aliphatic rings. The van der Waals surface area contributed by atoms with E-state index in [0.29, 0.717) is 16.9 Å². The summed E-state index contributed by atoms with van der Waals surface area (Å²) in [6.45, 7) is 1.96. The lowest BCUT2D eigenvalue weighted by Crippen LogP contribution is -2.29. The third-order valence-electron chi connectivity index (χ3n) is 3.29. The summed E-state index contributed by atoms with van der Waals surface area (Å²) in [5.74, 6) is -2.83. The fourth-order valence-corrected chi connectivity index (χ4v) is 2.00. The van der Waals surface area contributed by atoms with Crippen molar-refractivity contribution in [2.75, 3.05) is 17.2 Å². The van der Waals surface area contributed by atoms with Crippen molar-refractivity contribution in [1.29, 1.82) is 0 Å². The largest absolute Gasteiger partial charge is 0.462 e. The fourth-order valence-electron chi connectivity index (χ4n) is 2.00. The number of primary amides is 1. The Morgan fingerprint density at radius 2 is 1.23 bits per heavy atom. The van der Waals surface area contributed by atoms with Gasteiger partial charge < -0.3 is 21.1 Å². The van der Waals surface area contributed by atoms with Gasteiger partial charge in [-0.05, 0) is 55.5 Å². The monoisotopic (exact) mass is 355 g/mol. The highest BCUT2D eigenvalue weighted by atomic mass is 16.5. The van der Waals surface area contributed by atoms with Gasteiger partial charge in [0.05, 0.1) is 12.2 Å². The summed E-state index contributed by atoms with van der Waals surface area (Å²) in [6.07, 6.45) is 0. The summed E-state index contributed by atoms with van der Waals surface area (Å²) < 4.78 is 4.86. The molecule has 4 N–H and O–H groups in total. The molecule has 0 aromatic heterocycles. The molecule has 134 valence electrons. The van der Waals surface area contributed by atoms with E-state index in [0.717, 1.165) is 0 Å². The van der Waals surface area contributed by atoms with Crippen LogP contribution in [-0.4, -0.2) is 30.3 Å². The first-order chi connectivity index (χ1) is 12.4. The molecule has 8 heteroatoms. The summed E-state index contributed by atoms with van der Waals surface area (Å²) in [7, 11) is 0. The third-order valence-corrected chi connectivity index (χ3v) is 3.29. The Bertz CT molecular complexity index is 829. The van der Waals surface area contributed by atoms with Gasteiger partial charge in [-0.1, -0.05) is 0 Å². The minimum atomic E-state index is -0.883. The summed E-state index contributed by atoms with van der Waals surface area (Å²) in [6, 6.07) is 11.7. The highest BCUT2D eigenvalue weighted by Crippen LogP contribution is 2.12. The third kappa shape index (κ3) is 4.91. The summed E-state index contributed by atoms with van der Waals surface area (Å²) in [5.41, 5.74) is 6.44. The maximum Gasteiger partial charge on any atom is 0.338 e. The molecule has 2 aromatic carbocycles. The van der Waals surface area contributed by atoms with Crippen LogP contribution >= 0.6 is 0 Å². The molecule has 0 atom stereocenters. The Labute approximate surface area is 149 Å². The maximum atomic E-state index is 11.9. The van der Waals surface area contributed by atoms with Crippen molar-refractivity contribution in [3.8, 4) is 0 Å². The van der Waals surface area contributed by atoms with Crippen molar-refractivity contribution in [3.63, 3.8) is 0 Å². The van der Waals surface area contributed by atoms with E-state index in [-0.39, 0.29) is 12.2 Å². The van der Waals surface area contributed by atoms with Gasteiger partial charge in [0.25, 0.3) is 0 Å². The number of hydrogen-bond acceptors (Lipinski definition) is 5. The Morgan fingerprint density at radius 1 is 0.808 bits per heavy atom. The number of hydrogen-bond donors (Lipinski definition) is 3. The second-order valence-electron chi connectivity index (χ2n) is 5.15. The zero-order chi connectivity index (χ0) is 19.1. The van der Waals surface area contributed by atoms with Crippen LogP contribution in [0.1, 0.15) is 27.6 Å². The topological polar surface area (TPSA) is 128 Å². The number of anilines is 2. The van der Waals surface area contributed by atoms with Gasteiger partial charge in [0.15, 0.2) is 0 Å². The van der Waals surface area contributed by atoms with Gasteiger partial charge in [0.1, 0.15) is 0 Å². The first-order valence-electron chi connectivity index (χ1n) is 7.70. The van der Waals surface area contributed by atoms with Gasteiger partial charge in [0, 0.05) is 16.9 Å². The van der Waals surface area contributed by atoms with Crippen molar-refractivity contribution < 1.29 is 23.9 Å². The van der Waals surface area contributed by atoms with Gasteiger partial charge in [-0.3, -0.25) is 14.4 Å². The molecular weight excluding hydrogens is 338 g/mol. The van der Waals surface area contributed by atoms with Gasteiger partial charge in [-0.15, -0.1) is 0 Å². The van der Waals surface area contributed by atoms with E-state index >= 15 is 0 Å². The Kier molecular flexibility index (Phi) is 6.05. The molecule has 0 aliphatic carbocycles. The van der Waals surface area contributed by atoms with Crippen LogP contribution in [0.2, 0.25) is 0 Å². The van der Waals surface area contributed by atoms with Crippen molar-refractivity contribution >= 4 is 35.1 Å². The van der Waals surface area contributed by atoms with Gasteiger partial charge in [-0.2, -0.15) is 0 Å². The zero-order valence-corrected chi connectivity index (χ0v) is 13.9. The average Bonchev–Trinajstić information content (AvgIpc) is 2.63. The molecule has 0 aliphatic heterocycles. The van der Waals surface area contributed by atoms with Crippen molar-refractivity contribution in [2.45, 2.75) is 6.92 Å². The number of nitrogens with two attached hydrogens (primary N) is 1. The van der Waals surface area contributed by atoms with E-state index in [1.165, 1.54) is 48.5 Å². The second kappa shape index (κ2) is 8.43. The molecule has 0 spiro atoms.